The maximum Gasteiger partial charge on any atom is 0.329 e. The van der Waals surface area contributed by atoms with Crippen LogP contribution in [0.4, 0.5) is 0 Å². The van der Waals surface area contributed by atoms with Gasteiger partial charge in [0.05, 0.1) is 12.8 Å². The number of ether oxygens (including phenoxy) is 2. The van der Waals surface area contributed by atoms with E-state index in [1.165, 1.54) is 11.1 Å². The number of carbonyl (C=O) groups is 3. The highest BCUT2D eigenvalue weighted by Gasteiger charge is 2.18. The number of benzene rings is 1. The predicted octanol–water partition coefficient (Wildman–Crippen LogP) is -0.124. The molecule has 0 aromatic heterocycles. The summed E-state index contributed by atoms with van der Waals surface area (Å²) in [6.07, 6.45) is 0.644. The number of rotatable bonds is 7. The van der Waals surface area contributed by atoms with E-state index < -0.39 is 17.9 Å². The van der Waals surface area contributed by atoms with Crippen molar-refractivity contribution in [3.8, 4) is 11.5 Å². The molecule has 0 spiro atoms. The van der Waals surface area contributed by atoms with E-state index in [1.54, 1.807) is 39.2 Å². The lowest BCUT2D eigenvalue weighted by Gasteiger charge is -2.20. The third-order valence-electron chi connectivity index (χ3n) is 2.96. The normalized spacial score (nSPS) is 11.7. The fourth-order valence-corrected chi connectivity index (χ4v) is 1.80. The first-order chi connectivity index (χ1) is 11.8. The van der Waals surface area contributed by atoms with Gasteiger partial charge in [-0.05, 0) is 37.6 Å². The minimum atomic E-state index is -1.13. The standard InChI is InChI=1S/C16H22N4O5/c1-5-24-13-8-11(9-18-19-15(22)14(17)21)6-7-12(13)25-10(2)16(23)20(3)4/h6-10H,5H2,1-4H3,(H2,17,21)(H,19,22)/b18-9-/t10-/m0/s1. The SMILES string of the molecule is CCOc1cc(/C=N\NC(=O)C(N)=O)ccc1O[C@@H](C)C(=O)N(C)C. The van der Waals surface area contributed by atoms with Crippen LogP contribution in [0.5, 0.6) is 11.5 Å². The van der Waals surface area contributed by atoms with E-state index in [0.29, 0.717) is 23.7 Å². The van der Waals surface area contributed by atoms with Crippen molar-refractivity contribution in [1.29, 1.82) is 0 Å². The molecule has 1 aromatic carbocycles. The van der Waals surface area contributed by atoms with Crippen molar-refractivity contribution in [2.45, 2.75) is 20.0 Å². The van der Waals surface area contributed by atoms with Crippen molar-refractivity contribution in [2.75, 3.05) is 20.7 Å². The molecule has 3 amide bonds. The molecule has 0 aliphatic carbocycles. The summed E-state index contributed by atoms with van der Waals surface area (Å²) in [5.74, 6) is -1.50. The Morgan fingerprint density at radius 2 is 2.00 bits per heavy atom. The van der Waals surface area contributed by atoms with Gasteiger partial charge in [0, 0.05) is 14.1 Å². The topological polar surface area (TPSA) is 123 Å². The highest BCUT2D eigenvalue weighted by molar-refractivity contribution is 6.34. The summed E-state index contributed by atoms with van der Waals surface area (Å²) in [5.41, 5.74) is 7.38. The van der Waals surface area contributed by atoms with Gasteiger partial charge in [-0.2, -0.15) is 5.10 Å². The summed E-state index contributed by atoms with van der Waals surface area (Å²) in [6.45, 7) is 3.85. The van der Waals surface area contributed by atoms with Crippen LogP contribution in [0.25, 0.3) is 0 Å². The molecule has 0 radical (unpaired) electrons. The Morgan fingerprint density at radius 3 is 2.56 bits per heavy atom. The Kier molecular flexibility index (Phi) is 7.39. The van der Waals surface area contributed by atoms with Crippen LogP contribution in [0.1, 0.15) is 19.4 Å². The maximum atomic E-state index is 11.9. The largest absolute Gasteiger partial charge is 0.490 e. The molecule has 3 N–H and O–H groups in total. The van der Waals surface area contributed by atoms with Crippen LogP contribution in [0.15, 0.2) is 23.3 Å². The van der Waals surface area contributed by atoms with Crippen LogP contribution in [-0.2, 0) is 14.4 Å². The Morgan fingerprint density at radius 1 is 1.32 bits per heavy atom. The van der Waals surface area contributed by atoms with Gasteiger partial charge in [-0.25, -0.2) is 5.43 Å². The summed E-state index contributed by atoms with van der Waals surface area (Å²) in [7, 11) is 3.29. The quantitative estimate of drug-likeness (QED) is 0.403. The molecule has 0 unspecified atom stereocenters. The molecule has 1 aromatic rings. The van der Waals surface area contributed by atoms with E-state index in [2.05, 4.69) is 5.10 Å². The van der Waals surface area contributed by atoms with Gasteiger partial charge >= 0.3 is 11.8 Å². The molecule has 9 nitrogen and oxygen atoms in total. The van der Waals surface area contributed by atoms with Crippen LogP contribution >= 0.6 is 0 Å². The number of amides is 3. The second-order valence-corrected chi connectivity index (χ2v) is 5.20. The molecule has 0 heterocycles. The highest BCUT2D eigenvalue weighted by atomic mass is 16.5. The molecule has 25 heavy (non-hydrogen) atoms. The van der Waals surface area contributed by atoms with Crippen molar-refractivity contribution in [2.24, 2.45) is 10.8 Å². The van der Waals surface area contributed by atoms with E-state index in [4.69, 9.17) is 15.2 Å². The fourth-order valence-electron chi connectivity index (χ4n) is 1.80. The first kappa shape index (κ1) is 19.9. The third kappa shape index (κ3) is 6.13. The molecule has 0 fully saturated rings. The zero-order valence-corrected chi connectivity index (χ0v) is 14.6. The molecule has 0 bridgehead atoms. The molecule has 136 valence electrons. The smallest absolute Gasteiger partial charge is 0.329 e. The van der Waals surface area contributed by atoms with Crippen molar-refractivity contribution >= 4 is 23.9 Å². The van der Waals surface area contributed by atoms with E-state index >= 15 is 0 Å². The van der Waals surface area contributed by atoms with E-state index in [-0.39, 0.29) is 5.91 Å². The maximum absolute atomic E-state index is 11.9. The van der Waals surface area contributed by atoms with E-state index in [0.717, 1.165) is 0 Å². The van der Waals surface area contributed by atoms with Gasteiger partial charge in [0.1, 0.15) is 0 Å². The van der Waals surface area contributed by atoms with Crippen molar-refractivity contribution in [3.05, 3.63) is 23.8 Å². The number of hydrogen-bond donors (Lipinski definition) is 2. The Hall–Kier alpha value is -3.10. The molecule has 0 aliphatic heterocycles. The average Bonchev–Trinajstić information content (AvgIpc) is 2.56. The van der Waals surface area contributed by atoms with Crippen molar-refractivity contribution in [3.63, 3.8) is 0 Å². The monoisotopic (exact) mass is 350 g/mol. The number of nitrogens with one attached hydrogen (secondary N) is 1. The number of hydrazone groups is 1. The van der Waals surface area contributed by atoms with Gasteiger partial charge in [-0.15, -0.1) is 0 Å². The molecular formula is C16H22N4O5. The van der Waals surface area contributed by atoms with Crippen molar-refractivity contribution < 1.29 is 23.9 Å². The first-order valence-corrected chi connectivity index (χ1v) is 7.53. The summed E-state index contributed by atoms with van der Waals surface area (Å²) in [6, 6.07) is 4.91. The van der Waals surface area contributed by atoms with Gasteiger partial charge in [0.2, 0.25) is 0 Å². The van der Waals surface area contributed by atoms with Gasteiger partial charge in [-0.3, -0.25) is 14.4 Å². The third-order valence-corrected chi connectivity index (χ3v) is 2.96. The predicted molar refractivity (Wildman–Crippen MR) is 91.3 cm³/mol. The molecular weight excluding hydrogens is 328 g/mol. The first-order valence-electron chi connectivity index (χ1n) is 7.53. The lowest BCUT2D eigenvalue weighted by atomic mass is 10.2. The van der Waals surface area contributed by atoms with Crippen LogP contribution in [0.3, 0.4) is 0 Å². The molecule has 1 rings (SSSR count). The zero-order valence-electron chi connectivity index (χ0n) is 14.6. The van der Waals surface area contributed by atoms with E-state index in [9.17, 15) is 14.4 Å². The molecule has 9 heteroatoms. The Bertz CT molecular complexity index is 672. The number of nitrogens with zero attached hydrogens (tertiary/aromatic N) is 2. The summed E-state index contributed by atoms with van der Waals surface area (Å²) in [5, 5.41) is 3.62. The lowest BCUT2D eigenvalue weighted by molar-refractivity contribution is -0.137. The minimum Gasteiger partial charge on any atom is -0.490 e. The summed E-state index contributed by atoms with van der Waals surface area (Å²) >= 11 is 0. The second kappa shape index (κ2) is 9.26. The number of likely N-dealkylation sites (N-methyl/N-ethyl adjacent to an activating group) is 1. The van der Waals surface area contributed by atoms with Crippen LogP contribution in [0, 0.1) is 0 Å². The summed E-state index contributed by atoms with van der Waals surface area (Å²) in [4.78, 5) is 35.0. The zero-order chi connectivity index (χ0) is 19.0. The molecule has 0 aliphatic rings. The van der Waals surface area contributed by atoms with Crippen LogP contribution in [-0.4, -0.2) is 55.6 Å². The van der Waals surface area contributed by atoms with Crippen LogP contribution in [0.2, 0.25) is 0 Å². The van der Waals surface area contributed by atoms with Gasteiger partial charge < -0.3 is 20.1 Å². The molecule has 1 atom stereocenters. The highest BCUT2D eigenvalue weighted by Crippen LogP contribution is 2.29. The molecule has 0 saturated heterocycles. The second-order valence-electron chi connectivity index (χ2n) is 5.20. The number of primary amides is 1. The van der Waals surface area contributed by atoms with Gasteiger partial charge in [0.25, 0.3) is 5.91 Å². The van der Waals surface area contributed by atoms with Crippen molar-refractivity contribution in [1.82, 2.24) is 10.3 Å². The number of nitrogens with two attached hydrogens (primary N) is 1. The lowest BCUT2D eigenvalue weighted by Crippen LogP contribution is -2.35. The fraction of sp³-hybridized carbons (Fsp3) is 0.375. The summed E-state index contributed by atoms with van der Waals surface area (Å²) < 4.78 is 11.2. The molecule has 0 saturated carbocycles. The minimum absolute atomic E-state index is 0.178. The van der Waals surface area contributed by atoms with Gasteiger partial charge in [0.15, 0.2) is 17.6 Å². The number of carbonyl (C=O) groups excluding carboxylic acids is 3. The van der Waals surface area contributed by atoms with Crippen LogP contribution < -0.4 is 20.6 Å². The van der Waals surface area contributed by atoms with E-state index in [1.807, 2.05) is 12.3 Å². The number of hydrogen-bond acceptors (Lipinski definition) is 6. The van der Waals surface area contributed by atoms with Gasteiger partial charge in [-0.1, -0.05) is 0 Å². The Labute approximate surface area is 145 Å². The Balaban J connectivity index is 2.91. The average molecular weight is 350 g/mol.